The Morgan fingerprint density at radius 1 is 1.75 bits per heavy atom. The molecule has 0 saturated heterocycles. The monoisotopic (exact) mass is 442 g/mol. The van der Waals surface area contributed by atoms with Crippen LogP contribution in [0.4, 0.5) is 0 Å². The first-order valence-corrected chi connectivity index (χ1v) is 11.2. The summed E-state index contributed by atoms with van der Waals surface area (Å²) in [7, 11) is 4.51. The molecular weight excluding hydrogens is 437 g/mol. The van der Waals surface area contributed by atoms with E-state index in [0.29, 0.717) is 0 Å². The molecule has 0 aliphatic carbocycles. The van der Waals surface area contributed by atoms with Gasteiger partial charge in [0.1, 0.15) is 0 Å². The maximum absolute atomic E-state index is 4.51. The average Bonchev–Trinajstić information content (AvgIpc) is 0.918. The molecule has 0 aromatic heterocycles. The molecule has 0 spiro atoms. The molecule has 2 radical (unpaired) electrons. The first kappa shape index (κ1) is 9.68. The van der Waals surface area contributed by atoms with Gasteiger partial charge in [0, 0.05) is 0 Å². The maximum atomic E-state index is 4.51. The van der Waals surface area contributed by atoms with Crippen LogP contribution in [0.5, 0.6) is 0 Å². The van der Waals surface area contributed by atoms with E-state index in [1.807, 2.05) is 0 Å². The van der Waals surface area contributed by atoms with Crippen LogP contribution < -0.4 is 0 Å². The van der Waals surface area contributed by atoms with Crippen LogP contribution in [0.25, 0.3) is 0 Å². The fourth-order valence-corrected chi connectivity index (χ4v) is 0. The van der Waals surface area contributed by atoms with Crippen molar-refractivity contribution in [3.8, 4) is 0 Å². The molecule has 0 bridgehead atoms. The van der Waals surface area contributed by atoms with Crippen molar-refractivity contribution in [3.05, 3.63) is 0 Å². The van der Waals surface area contributed by atoms with Crippen LogP contribution in [0.3, 0.4) is 0 Å². The second kappa shape index (κ2) is 9.07. The molecule has 0 aromatic carbocycles. The molecule has 0 nitrogen and oxygen atoms in total. The van der Waals surface area contributed by atoms with Crippen molar-refractivity contribution in [1.82, 2.24) is 0 Å². The predicted octanol–water partition coefficient (Wildman–Crippen LogP) is -1.03. The van der Waals surface area contributed by atoms with Crippen LogP contribution in [0.2, 0.25) is 0 Å². The summed E-state index contributed by atoms with van der Waals surface area (Å²) in [6.07, 6.45) is 0. The van der Waals surface area contributed by atoms with Gasteiger partial charge in [-0.2, -0.15) is 0 Å². The quantitative estimate of drug-likeness (QED) is 0.436. The summed E-state index contributed by atoms with van der Waals surface area (Å²) < 4.78 is 0. The van der Waals surface area contributed by atoms with Crippen LogP contribution in [-0.4, -0.2) is 55.9 Å². The molecule has 0 unspecified atom stereocenters. The third kappa shape index (κ3) is 8.82. The summed E-state index contributed by atoms with van der Waals surface area (Å²) >= 11 is 2.48. The minimum atomic E-state index is -0.312. The Bertz CT molecular complexity index is 29.0. The van der Waals surface area contributed by atoms with Gasteiger partial charge in [0.25, 0.3) is 0 Å². The predicted molar refractivity (Wildman–Crippen MR) is 27.6 cm³/mol. The molecule has 4 heavy (non-hydrogen) atoms. The van der Waals surface area contributed by atoms with Crippen LogP contribution in [0.15, 0.2) is 0 Å². The summed E-state index contributed by atoms with van der Waals surface area (Å²) in [5.74, 6) is 0. The van der Waals surface area contributed by atoms with Crippen LogP contribution >= 0.6 is 9.29 Å². The van der Waals surface area contributed by atoms with Gasteiger partial charge in [-0.05, 0) is 0 Å². The number of hydrogen-bond donors (Lipinski definition) is 0. The summed E-state index contributed by atoms with van der Waals surface area (Å²) in [6.45, 7) is 0. The Labute approximate surface area is 63.9 Å². The van der Waals surface area contributed by atoms with Gasteiger partial charge in [-0.15, -0.1) is 0 Å². The Kier molecular flexibility index (Phi) is 22.0. The van der Waals surface area contributed by atoms with Crippen LogP contribution in [-0.2, 0) is 0 Å². The third-order valence-corrected chi connectivity index (χ3v) is 0. The molecule has 0 aliphatic heterocycles. The van der Waals surface area contributed by atoms with Crippen molar-refractivity contribution in [1.29, 1.82) is 0 Å². The molecule has 0 saturated carbocycles. The molecule has 0 aliphatic rings. The van der Waals surface area contributed by atoms with E-state index in [4.69, 9.17) is 0 Å². The summed E-state index contributed by atoms with van der Waals surface area (Å²) in [5, 5.41) is 0. The number of rotatable bonds is 0. The Morgan fingerprint density at radius 3 is 1.75 bits per heavy atom. The first-order chi connectivity index (χ1) is 1.41. The molecule has 22 valence electrons. The molecule has 0 fully saturated rings. The summed E-state index contributed by atoms with van der Waals surface area (Å²) in [6, 6.07) is 0. The van der Waals surface area contributed by atoms with Crippen LogP contribution in [0, 0.1) is 0 Å². The third-order valence-electron chi connectivity index (χ3n) is 0. The zero-order chi connectivity index (χ0) is 2.71. The molecule has 0 N–H and O–H groups in total. The second-order valence-corrected chi connectivity index (χ2v) is 8.71. The van der Waals surface area contributed by atoms with Crippen LogP contribution in [0.1, 0.15) is 0 Å². The van der Waals surface area contributed by atoms with Crippen molar-refractivity contribution in [2.45, 2.75) is 0 Å². The van der Waals surface area contributed by atoms with Gasteiger partial charge in [-0.3, -0.25) is 0 Å². The Hall–Kier alpha value is 2.46. The zero-order valence-electron chi connectivity index (χ0n) is 2.02. The van der Waals surface area contributed by atoms with Crippen molar-refractivity contribution in [3.63, 3.8) is 0 Å². The fraction of sp³-hybridized carbons (Fsp3) is 0. The van der Waals surface area contributed by atoms with E-state index >= 15 is 0 Å². The van der Waals surface area contributed by atoms with E-state index in [1.54, 1.807) is 0 Å². The normalized spacial score (nSPS) is 2.00. The first-order valence-electron chi connectivity index (χ1n) is 0.408. The van der Waals surface area contributed by atoms with Gasteiger partial charge in [-0.1, -0.05) is 0 Å². The van der Waals surface area contributed by atoms with E-state index < -0.39 is 0 Å². The molecule has 4 heteroatoms. The summed E-state index contributed by atoms with van der Waals surface area (Å²) in [5.41, 5.74) is 0. The van der Waals surface area contributed by atoms with Gasteiger partial charge < -0.3 is 0 Å². The molecule has 0 heterocycles. The zero-order valence-corrected chi connectivity index (χ0v) is 12.9. The van der Waals surface area contributed by atoms with Crippen molar-refractivity contribution < 1.29 is 0 Å². The van der Waals surface area contributed by atoms with E-state index in [-0.39, 0.29) is 43.7 Å². The average molecular weight is 439 g/mol. The molecular formula is H2PbSSeSn. The Balaban J connectivity index is 0. The standard InChI is InChI=1S/Pb.S.Se.Sn.2H. The minimum absolute atomic E-state index is 0. The Morgan fingerprint density at radius 2 is 1.75 bits per heavy atom. The van der Waals surface area contributed by atoms with E-state index in [1.165, 1.54) is 0 Å². The topological polar surface area (TPSA) is 0 Å². The number of hydrogen-bond acceptors (Lipinski definition) is 1. The van der Waals surface area contributed by atoms with Gasteiger partial charge in [0.2, 0.25) is 0 Å². The SMILES string of the molecule is [PbH2].[S]=[Sn]=[Se]. The molecule has 0 aromatic rings. The fourth-order valence-electron chi connectivity index (χ4n) is 0. The van der Waals surface area contributed by atoms with E-state index in [2.05, 4.69) is 21.5 Å². The molecule has 0 amide bonds. The van der Waals surface area contributed by atoms with Gasteiger partial charge in [0.15, 0.2) is 0 Å². The molecule has 0 atom stereocenters. The van der Waals surface area contributed by atoms with E-state index in [0.717, 1.165) is 0 Å². The van der Waals surface area contributed by atoms with Crippen molar-refractivity contribution in [2.75, 3.05) is 0 Å². The summed E-state index contributed by atoms with van der Waals surface area (Å²) in [4.78, 5) is 0. The van der Waals surface area contributed by atoms with Gasteiger partial charge in [-0.25, -0.2) is 0 Å². The van der Waals surface area contributed by atoms with Crippen molar-refractivity contribution >= 4 is 65.2 Å². The van der Waals surface area contributed by atoms with Crippen molar-refractivity contribution in [2.24, 2.45) is 0 Å². The second-order valence-electron chi connectivity index (χ2n) is 0.0833. The van der Waals surface area contributed by atoms with Gasteiger partial charge >= 0.3 is 65.2 Å². The van der Waals surface area contributed by atoms with E-state index in [9.17, 15) is 0 Å². The molecule has 0 rings (SSSR count). The van der Waals surface area contributed by atoms with Gasteiger partial charge in [0.05, 0.1) is 0 Å².